The van der Waals surface area contributed by atoms with Crippen LogP contribution in [-0.4, -0.2) is 10.1 Å². The Kier molecular flexibility index (Phi) is 48.9. The van der Waals surface area contributed by atoms with Crippen molar-refractivity contribution >= 4 is 10.1 Å². The topological polar surface area (TPSA) is 51.2 Å². The Hall–Kier alpha value is 0.331. The summed E-state index contributed by atoms with van der Waals surface area (Å²) in [5.41, 5.74) is 0. The summed E-state index contributed by atoms with van der Waals surface area (Å²) < 4.78 is 25.2. The molecule has 0 saturated heterocycles. The number of rotatable bonds is 0. The van der Waals surface area contributed by atoms with Crippen LogP contribution >= 0.6 is 0 Å². The van der Waals surface area contributed by atoms with E-state index in [-0.39, 0.29) is 0 Å². The third-order valence-electron chi connectivity index (χ3n) is 0. The van der Waals surface area contributed by atoms with E-state index in [0.717, 1.165) is 0 Å². The van der Waals surface area contributed by atoms with Gasteiger partial charge in [0.15, 0.2) is 0 Å². The Morgan fingerprint density at radius 1 is 1.20 bits per heavy atom. The molecule has 27 valence electrons. The fraction of sp³-hybridized carbons (Fsp3) is 0. The van der Waals surface area contributed by atoms with Gasteiger partial charge in [0, 0.05) is 0 Å². The van der Waals surface area contributed by atoms with Crippen molar-refractivity contribution in [2.75, 3.05) is 0 Å². The fourth-order valence-electron chi connectivity index (χ4n) is 0. The van der Waals surface area contributed by atoms with Gasteiger partial charge in [0.25, 0.3) is 0 Å². The van der Waals surface area contributed by atoms with Gasteiger partial charge in [-0.15, -0.1) is 0 Å². The van der Waals surface area contributed by atoms with Gasteiger partial charge in [0.05, 0.1) is 0 Å². The third-order valence-corrected chi connectivity index (χ3v) is 0. The van der Waals surface area contributed by atoms with Gasteiger partial charge in [0.1, 0.15) is 0 Å². The van der Waals surface area contributed by atoms with E-state index in [4.69, 9.17) is 11.1 Å². The van der Waals surface area contributed by atoms with Crippen LogP contribution in [0.2, 0.25) is 0 Å². The van der Waals surface area contributed by atoms with Gasteiger partial charge in [-0.25, -0.2) is 0 Å². The van der Waals surface area contributed by atoms with Gasteiger partial charge in [-0.3, -0.25) is 0 Å². The van der Waals surface area contributed by atoms with Gasteiger partial charge < -0.3 is 4.46 Å². The molecule has 5 heteroatoms. The normalized spacial score (nSPS) is 2.40. The van der Waals surface area contributed by atoms with Crippen LogP contribution in [0.15, 0.2) is 0 Å². The molecule has 1 radical (unpaired) electrons. The summed E-state index contributed by atoms with van der Waals surface area (Å²) in [6.45, 7) is 0. The minimum absolute atomic E-state index is 1.17. The molecule has 0 saturated carbocycles. The van der Waals surface area contributed by atoms with E-state index in [0.29, 0.717) is 0 Å². The van der Waals surface area contributed by atoms with Crippen LogP contribution in [0.1, 0.15) is 0 Å². The predicted molar refractivity (Wildman–Crippen MR) is 9.21 cm³/mol. The standard InChI is InChI=1S/HOSi.2O.Ti/c1-2;;;/h2H;;;. The Bertz CT molecular complexity index is 36.2. The Balaban J connectivity index is 0. The first-order chi connectivity index (χ1) is 2.41. The van der Waals surface area contributed by atoms with Gasteiger partial charge >= 0.3 is 35.9 Å². The zero-order valence-corrected chi connectivity index (χ0v) is 5.02. The van der Waals surface area contributed by atoms with Crippen molar-refractivity contribution < 1.29 is 30.2 Å². The van der Waals surface area contributed by atoms with Crippen LogP contribution in [0.5, 0.6) is 0 Å². The summed E-state index contributed by atoms with van der Waals surface area (Å²) in [4.78, 5) is 0. The van der Waals surface area contributed by atoms with Crippen molar-refractivity contribution in [3.05, 3.63) is 0 Å². The molecule has 0 aromatic rings. The molecule has 0 bridgehead atoms. The van der Waals surface area contributed by atoms with Crippen LogP contribution in [0.3, 0.4) is 0 Å². The molecule has 0 aromatic carbocycles. The summed E-state index contributed by atoms with van der Waals surface area (Å²) in [7, 11) is 1.17. The summed E-state index contributed by atoms with van der Waals surface area (Å²) in [6, 6.07) is 0. The first-order valence-electron chi connectivity index (χ1n) is 0.644. The van der Waals surface area contributed by atoms with E-state index in [1.807, 2.05) is 0 Å². The summed E-state index contributed by atoms with van der Waals surface area (Å²) in [5.74, 6) is 0. The average molecular weight is 125 g/mol. The SMILES string of the molecule is O=[SiH].[O]=[Ti]=[O]. The van der Waals surface area contributed by atoms with Crippen molar-refractivity contribution in [2.45, 2.75) is 0 Å². The quantitative estimate of drug-likeness (QED) is 0.390. The first-order valence-corrected chi connectivity index (χ1v) is 2.39. The zero-order chi connectivity index (χ0) is 4.71. The van der Waals surface area contributed by atoms with Gasteiger partial charge in [-0.2, -0.15) is 0 Å². The minimum atomic E-state index is -2.00. The molecule has 0 aliphatic carbocycles. The summed E-state index contributed by atoms with van der Waals surface area (Å²) in [6.07, 6.45) is 0. The van der Waals surface area contributed by atoms with E-state index < -0.39 is 19.1 Å². The Morgan fingerprint density at radius 3 is 1.20 bits per heavy atom. The fourth-order valence-corrected chi connectivity index (χ4v) is 0. The molecular weight excluding hydrogens is 124 g/mol. The van der Waals surface area contributed by atoms with Crippen molar-refractivity contribution in [1.29, 1.82) is 0 Å². The molecule has 0 amide bonds. The van der Waals surface area contributed by atoms with E-state index in [9.17, 15) is 0 Å². The van der Waals surface area contributed by atoms with Crippen LogP contribution < -0.4 is 0 Å². The second-order valence-corrected chi connectivity index (χ2v) is 0.344. The Morgan fingerprint density at radius 2 is 1.20 bits per heavy atom. The van der Waals surface area contributed by atoms with E-state index >= 15 is 0 Å². The van der Waals surface area contributed by atoms with Gasteiger partial charge in [-0.1, -0.05) is 0 Å². The summed E-state index contributed by atoms with van der Waals surface area (Å²) in [5, 5.41) is 0. The molecule has 5 heavy (non-hydrogen) atoms. The van der Waals surface area contributed by atoms with Crippen LogP contribution in [0.25, 0.3) is 0 Å². The second-order valence-electron chi connectivity index (χ2n) is 0.0833. The average Bonchev–Trinajstić information content (AvgIpc) is 1.46. The van der Waals surface area contributed by atoms with E-state index in [1.54, 1.807) is 0 Å². The predicted octanol–water partition coefficient (Wildman–Crippen LogP) is -1.01. The molecule has 0 aliphatic heterocycles. The Labute approximate surface area is 40.8 Å². The molecule has 0 unspecified atom stereocenters. The van der Waals surface area contributed by atoms with Gasteiger partial charge in [-0.05, 0) is 0 Å². The molecule has 0 aliphatic rings. The molecular formula is HO3SiTi. The second kappa shape index (κ2) is 27.1. The number of hydrogen-bond acceptors (Lipinski definition) is 3. The van der Waals surface area contributed by atoms with Crippen LogP contribution in [-0.2, 0) is 30.2 Å². The molecule has 0 N–H and O–H groups in total. The van der Waals surface area contributed by atoms with E-state index in [1.165, 1.54) is 10.1 Å². The van der Waals surface area contributed by atoms with E-state index in [2.05, 4.69) is 0 Å². The molecule has 0 rings (SSSR count). The third kappa shape index (κ3) is 215. The number of hydrogen-bond donors (Lipinski definition) is 0. The monoisotopic (exact) mass is 125 g/mol. The molecule has 0 fully saturated rings. The first kappa shape index (κ1) is 9.01. The molecule has 0 heterocycles. The molecule has 3 nitrogen and oxygen atoms in total. The van der Waals surface area contributed by atoms with Crippen molar-refractivity contribution in [3.8, 4) is 0 Å². The molecule has 0 atom stereocenters. The molecule has 0 aromatic heterocycles. The van der Waals surface area contributed by atoms with Crippen molar-refractivity contribution in [2.24, 2.45) is 0 Å². The maximum atomic E-state index is 8.50. The van der Waals surface area contributed by atoms with Crippen LogP contribution in [0.4, 0.5) is 0 Å². The van der Waals surface area contributed by atoms with Crippen molar-refractivity contribution in [1.82, 2.24) is 0 Å². The van der Waals surface area contributed by atoms with Crippen LogP contribution in [0, 0.1) is 0 Å². The maximum absolute atomic E-state index is 8.50. The summed E-state index contributed by atoms with van der Waals surface area (Å²) >= 11 is -2.00. The zero-order valence-electron chi connectivity index (χ0n) is 2.30. The molecule has 0 spiro atoms. The van der Waals surface area contributed by atoms with Gasteiger partial charge in [0.2, 0.25) is 0 Å². The van der Waals surface area contributed by atoms with Crippen molar-refractivity contribution in [3.63, 3.8) is 0 Å².